The largest absolute Gasteiger partial charge is 0.497 e. The second kappa shape index (κ2) is 7.61. The molecule has 0 aliphatic carbocycles. The Morgan fingerprint density at radius 1 is 1.27 bits per heavy atom. The molecular weight excluding hydrogens is 391 g/mol. The number of ether oxygens (including phenoxy) is 1. The summed E-state index contributed by atoms with van der Waals surface area (Å²) in [5.41, 5.74) is 1.45. The average Bonchev–Trinajstić information content (AvgIpc) is 2.54. The molecule has 0 spiro atoms. The summed E-state index contributed by atoms with van der Waals surface area (Å²) in [6.45, 7) is 0. The molecule has 2 aromatic rings. The fourth-order valence-electron chi connectivity index (χ4n) is 1.80. The van der Waals surface area contributed by atoms with Crippen molar-refractivity contribution in [1.29, 1.82) is 5.26 Å². The molecule has 2 aromatic carbocycles. The zero-order valence-corrected chi connectivity index (χ0v) is 14.0. The Morgan fingerprint density at radius 2 is 2.05 bits per heavy atom. The maximum absolute atomic E-state index is 12.2. The van der Waals surface area contributed by atoms with Gasteiger partial charge in [-0.2, -0.15) is 5.26 Å². The molecule has 0 fully saturated rings. The number of halogens is 1. The number of methoxy groups -OCH3 is 1. The van der Waals surface area contributed by atoms with E-state index in [1.54, 1.807) is 37.4 Å². The first kappa shape index (κ1) is 16.0. The molecular formula is C17H13IN2O2. The van der Waals surface area contributed by atoms with Crippen molar-refractivity contribution in [2.45, 2.75) is 0 Å². The van der Waals surface area contributed by atoms with Crippen LogP contribution in [0.1, 0.15) is 5.56 Å². The monoisotopic (exact) mass is 404 g/mol. The molecule has 4 nitrogen and oxygen atoms in total. The summed E-state index contributed by atoms with van der Waals surface area (Å²) in [5.74, 6) is 0.235. The van der Waals surface area contributed by atoms with E-state index in [4.69, 9.17) is 4.74 Å². The van der Waals surface area contributed by atoms with Crippen LogP contribution in [-0.4, -0.2) is 13.0 Å². The molecule has 0 bridgehead atoms. The highest BCUT2D eigenvalue weighted by Crippen LogP contribution is 2.19. The number of amides is 1. The third kappa shape index (κ3) is 4.09. The number of rotatable bonds is 4. The van der Waals surface area contributed by atoms with E-state index in [0.29, 0.717) is 11.4 Å². The minimum atomic E-state index is -0.436. The highest BCUT2D eigenvalue weighted by molar-refractivity contribution is 14.1. The maximum atomic E-state index is 12.2. The molecule has 0 saturated carbocycles. The average molecular weight is 404 g/mol. The third-order valence-corrected chi connectivity index (χ3v) is 3.83. The van der Waals surface area contributed by atoms with Crippen LogP contribution in [0.4, 0.5) is 5.69 Å². The molecule has 0 heterocycles. The number of hydrogen-bond donors (Lipinski definition) is 1. The smallest absolute Gasteiger partial charge is 0.266 e. The molecule has 0 atom stereocenters. The van der Waals surface area contributed by atoms with Crippen molar-refractivity contribution in [3.8, 4) is 11.8 Å². The van der Waals surface area contributed by atoms with E-state index in [0.717, 1.165) is 9.13 Å². The number of carbonyl (C=O) groups is 1. The van der Waals surface area contributed by atoms with Crippen molar-refractivity contribution in [1.82, 2.24) is 0 Å². The van der Waals surface area contributed by atoms with Gasteiger partial charge in [0, 0.05) is 3.57 Å². The van der Waals surface area contributed by atoms with Crippen LogP contribution < -0.4 is 10.1 Å². The second-order valence-electron chi connectivity index (χ2n) is 4.38. The molecule has 5 heteroatoms. The van der Waals surface area contributed by atoms with Crippen LogP contribution in [0.3, 0.4) is 0 Å². The normalized spacial score (nSPS) is 10.7. The lowest BCUT2D eigenvalue weighted by Crippen LogP contribution is -2.14. The van der Waals surface area contributed by atoms with Gasteiger partial charge >= 0.3 is 0 Å². The summed E-state index contributed by atoms with van der Waals surface area (Å²) in [6.07, 6.45) is 1.54. The van der Waals surface area contributed by atoms with Gasteiger partial charge in [0.25, 0.3) is 5.91 Å². The Hall–Kier alpha value is -2.33. The number of nitrogens with one attached hydrogen (secondary N) is 1. The van der Waals surface area contributed by atoms with Gasteiger partial charge in [0.1, 0.15) is 17.4 Å². The standard InChI is InChI=1S/C17H13IN2O2/c1-22-14-6-4-5-12(10-14)9-13(11-19)17(21)20-16-8-3-2-7-15(16)18/h2-10H,1H3,(H,20,21)/b13-9-. The molecule has 2 rings (SSSR count). The lowest BCUT2D eigenvalue weighted by atomic mass is 10.1. The van der Waals surface area contributed by atoms with E-state index in [1.165, 1.54) is 6.08 Å². The van der Waals surface area contributed by atoms with Crippen LogP contribution >= 0.6 is 22.6 Å². The number of nitriles is 1. The first-order valence-electron chi connectivity index (χ1n) is 6.46. The molecule has 0 aliphatic rings. The fraction of sp³-hybridized carbons (Fsp3) is 0.0588. The quantitative estimate of drug-likeness (QED) is 0.479. The van der Waals surface area contributed by atoms with Gasteiger partial charge in [-0.3, -0.25) is 4.79 Å². The van der Waals surface area contributed by atoms with Crippen molar-refractivity contribution < 1.29 is 9.53 Å². The van der Waals surface area contributed by atoms with Gasteiger partial charge in [-0.05, 0) is 58.5 Å². The van der Waals surface area contributed by atoms with Crippen molar-refractivity contribution in [2.75, 3.05) is 12.4 Å². The predicted octanol–water partition coefficient (Wildman–Crippen LogP) is 3.85. The van der Waals surface area contributed by atoms with Crippen LogP contribution in [0.25, 0.3) is 6.08 Å². The second-order valence-corrected chi connectivity index (χ2v) is 5.54. The number of anilines is 1. The third-order valence-electron chi connectivity index (χ3n) is 2.89. The van der Waals surface area contributed by atoms with E-state index < -0.39 is 5.91 Å². The number of hydrogen-bond acceptors (Lipinski definition) is 3. The number of carbonyl (C=O) groups excluding carboxylic acids is 1. The van der Waals surface area contributed by atoms with Gasteiger partial charge in [0.05, 0.1) is 12.8 Å². The number of nitrogens with zero attached hydrogens (tertiary/aromatic N) is 1. The van der Waals surface area contributed by atoms with Crippen molar-refractivity contribution in [3.63, 3.8) is 0 Å². The summed E-state index contributed by atoms with van der Waals surface area (Å²) >= 11 is 2.13. The van der Waals surface area contributed by atoms with Crippen LogP contribution in [0, 0.1) is 14.9 Å². The minimum Gasteiger partial charge on any atom is -0.497 e. The molecule has 0 unspecified atom stereocenters. The molecule has 0 aliphatic heterocycles. The SMILES string of the molecule is COc1cccc(/C=C(/C#N)C(=O)Nc2ccccc2I)c1. The van der Waals surface area contributed by atoms with Gasteiger partial charge in [0.2, 0.25) is 0 Å². The zero-order valence-electron chi connectivity index (χ0n) is 11.8. The summed E-state index contributed by atoms with van der Waals surface area (Å²) in [7, 11) is 1.57. The van der Waals surface area contributed by atoms with Gasteiger partial charge in [0.15, 0.2) is 0 Å². The van der Waals surface area contributed by atoms with Gasteiger partial charge in [-0.15, -0.1) is 0 Å². The Bertz CT molecular complexity index is 763. The van der Waals surface area contributed by atoms with E-state index in [2.05, 4.69) is 27.9 Å². The topological polar surface area (TPSA) is 62.1 Å². The Balaban J connectivity index is 2.24. The fourth-order valence-corrected chi connectivity index (χ4v) is 2.32. The zero-order chi connectivity index (χ0) is 15.9. The van der Waals surface area contributed by atoms with E-state index in [1.807, 2.05) is 24.3 Å². The molecule has 1 amide bonds. The molecule has 0 aromatic heterocycles. The number of benzene rings is 2. The predicted molar refractivity (Wildman–Crippen MR) is 94.4 cm³/mol. The van der Waals surface area contributed by atoms with E-state index >= 15 is 0 Å². The molecule has 0 radical (unpaired) electrons. The molecule has 0 saturated heterocycles. The summed E-state index contributed by atoms with van der Waals surface area (Å²) in [4.78, 5) is 12.2. The van der Waals surface area contributed by atoms with Crippen molar-refractivity contribution in [2.24, 2.45) is 0 Å². The van der Waals surface area contributed by atoms with Crippen LogP contribution in [0.5, 0.6) is 5.75 Å². The highest BCUT2D eigenvalue weighted by atomic mass is 127. The van der Waals surface area contributed by atoms with Crippen LogP contribution in [0.2, 0.25) is 0 Å². The summed E-state index contributed by atoms with van der Waals surface area (Å²) in [5, 5.41) is 12.0. The number of para-hydroxylation sites is 1. The summed E-state index contributed by atoms with van der Waals surface area (Å²) in [6, 6.07) is 16.5. The molecule has 1 N–H and O–H groups in total. The van der Waals surface area contributed by atoms with Crippen molar-refractivity contribution >= 4 is 40.3 Å². The lowest BCUT2D eigenvalue weighted by molar-refractivity contribution is -0.112. The van der Waals surface area contributed by atoms with Crippen LogP contribution in [0.15, 0.2) is 54.1 Å². The van der Waals surface area contributed by atoms with Gasteiger partial charge in [-0.1, -0.05) is 24.3 Å². The molecule has 110 valence electrons. The Morgan fingerprint density at radius 3 is 2.73 bits per heavy atom. The van der Waals surface area contributed by atoms with E-state index in [-0.39, 0.29) is 5.57 Å². The Labute approximate surface area is 142 Å². The molecule has 22 heavy (non-hydrogen) atoms. The van der Waals surface area contributed by atoms with E-state index in [9.17, 15) is 10.1 Å². The Kier molecular flexibility index (Phi) is 5.55. The highest BCUT2D eigenvalue weighted by Gasteiger charge is 2.11. The first-order chi connectivity index (χ1) is 10.6. The van der Waals surface area contributed by atoms with Gasteiger partial charge < -0.3 is 10.1 Å². The lowest BCUT2D eigenvalue weighted by Gasteiger charge is -2.06. The van der Waals surface area contributed by atoms with Gasteiger partial charge in [-0.25, -0.2) is 0 Å². The maximum Gasteiger partial charge on any atom is 0.266 e. The van der Waals surface area contributed by atoms with Crippen LogP contribution in [-0.2, 0) is 4.79 Å². The summed E-state index contributed by atoms with van der Waals surface area (Å²) < 4.78 is 6.04. The minimum absolute atomic E-state index is 0.0351. The van der Waals surface area contributed by atoms with Crippen molar-refractivity contribution in [3.05, 3.63) is 63.2 Å². The first-order valence-corrected chi connectivity index (χ1v) is 7.53.